The smallest absolute Gasteiger partial charge is 0.216 e. The Labute approximate surface area is 111 Å². The van der Waals surface area contributed by atoms with E-state index in [2.05, 4.69) is 5.32 Å². The third kappa shape index (κ3) is 3.60. The normalized spacial score (nSPS) is 14.1. The molecular weight excluding hydrogens is 256 g/mol. The van der Waals surface area contributed by atoms with Crippen LogP contribution in [0.1, 0.15) is 24.2 Å². The molecule has 1 aromatic carbocycles. The van der Waals surface area contributed by atoms with Crippen LogP contribution in [0, 0.1) is 6.92 Å². The number of benzene rings is 1. The first kappa shape index (κ1) is 14.8. The van der Waals surface area contributed by atoms with Gasteiger partial charge in [0.25, 0.3) is 0 Å². The minimum atomic E-state index is -1.13. The average molecular weight is 273 g/mol. The summed E-state index contributed by atoms with van der Waals surface area (Å²) in [6, 6.07) is 3.16. The van der Waals surface area contributed by atoms with Crippen molar-refractivity contribution < 1.29 is 15.0 Å². The van der Waals surface area contributed by atoms with E-state index in [1.54, 1.807) is 13.0 Å². The predicted molar refractivity (Wildman–Crippen MR) is 70.3 cm³/mol. The maximum absolute atomic E-state index is 10.7. The van der Waals surface area contributed by atoms with Crippen molar-refractivity contribution in [2.75, 3.05) is 12.3 Å². The van der Waals surface area contributed by atoms with E-state index < -0.39 is 12.2 Å². The van der Waals surface area contributed by atoms with Crippen molar-refractivity contribution in [3.63, 3.8) is 0 Å². The van der Waals surface area contributed by atoms with E-state index in [0.717, 1.165) is 5.56 Å². The Morgan fingerprint density at radius 2 is 2.11 bits per heavy atom. The van der Waals surface area contributed by atoms with E-state index in [4.69, 9.17) is 17.3 Å². The first-order valence-corrected chi connectivity index (χ1v) is 5.86. The third-order valence-corrected chi connectivity index (χ3v) is 2.94. The van der Waals surface area contributed by atoms with Crippen LogP contribution < -0.4 is 11.1 Å². The molecule has 5 N–H and O–H groups in total. The van der Waals surface area contributed by atoms with Crippen molar-refractivity contribution in [1.82, 2.24) is 5.32 Å². The molecule has 0 aromatic heterocycles. The molecule has 1 amide bonds. The Morgan fingerprint density at radius 1 is 1.50 bits per heavy atom. The summed E-state index contributed by atoms with van der Waals surface area (Å²) in [7, 11) is 0. The van der Waals surface area contributed by atoms with Crippen LogP contribution in [0.15, 0.2) is 12.1 Å². The molecule has 0 bridgehead atoms. The number of aliphatic hydroxyl groups is 2. The van der Waals surface area contributed by atoms with E-state index in [1.807, 2.05) is 0 Å². The number of nitrogens with two attached hydrogens (primary N) is 1. The number of anilines is 1. The number of nitrogen functional groups attached to an aromatic ring is 1. The summed E-state index contributed by atoms with van der Waals surface area (Å²) >= 11 is 5.91. The van der Waals surface area contributed by atoms with Gasteiger partial charge >= 0.3 is 0 Å². The maximum atomic E-state index is 10.7. The van der Waals surface area contributed by atoms with Gasteiger partial charge in [0.2, 0.25) is 5.91 Å². The molecule has 0 fully saturated rings. The Morgan fingerprint density at radius 3 is 2.61 bits per heavy atom. The van der Waals surface area contributed by atoms with Gasteiger partial charge in [0.05, 0.1) is 10.7 Å². The average Bonchev–Trinajstić information content (AvgIpc) is 2.31. The van der Waals surface area contributed by atoms with Gasteiger partial charge in [0, 0.05) is 13.5 Å². The van der Waals surface area contributed by atoms with Crippen LogP contribution in [-0.4, -0.2) is 28.8 Å². The molecule has 1 rings (SSSR count). The van der Waals surface area contributed by atoms with Crippen molar-refractivity contribution in [2.45, 2.75) is 26.1 Å². The van der Waals surface area contributed by atoms with Gasteiger partial charge in [-0.1, -0.05) is 17.7 Å². The number of rotatable bonds is 4. The van der Waals surface area contributed by atoms with Gasteiger partial charge in [0.1, 0.15) is 12.2 Å². The number of carbonyl (C=O) groups is 1. The number of hydrogen-bond donors (Lipinski definition) is 4. The van der Waals surface area contributed by atoms with Crippen molar-refractivity contribution >= 4 is 23.2 Å². The van der Waals surface area contributed by atoms with E-state index in [-0.39, 0.29) is 12.5 Å². The van der Waals surface area contributed by atoms with Crippen molar-refractivity contribution in [1.29, 1.82) is 0 Å². The highest BCUT2D eigenvalue weighted by Gasteiger charge is 2.20. The van der Waals surface area contributed by atoms with E-state index in [1.165, 1.54) is 13.0 Å². The lowest BCUT2D eigenvalue weighted by Gasteiger charge is -2.19. The number of nitrogens with one attached hydrogen (secondary N) is 1. The standard InChI is InChI=1S/C12H17ClN2O3/c1-6-3-8(4-9(13)11(6)14)12(18)10(17)5-15-7(2)16/h3-4,10,12,17-18H,5,14H2,1-2H3,(H,15,16). The van der Waals surface area contributed by atoms with E-state index in [0.29, 0.717) is 16.3 Å². The van der Waals surface area contributed by atoms with Gasteiger partial charge in [0.15, 0.2) is 0 Å². The summed E-state index contributed by atoms with van der Waals surface area (Å²) < 4.78 is 0. The van der Waals surface area contributed by atoms with Crippen LogP contribution in [0.3, 0.4) is 0 Å². The second-order valence-electron chi connectivity index (χ2n) is 4.18. The summed E-state index contributed by atoms with van der Waals surface area (Å²) in [5.41, 5.74) is 7.33. The summed E-state index contributed by atoms with van der Waals surface area (Å²) in [5, 5.41) is 22.4. The molecule has 0 aliphatic heterocycles. The lowest BCUT2D eigenvalue weighted by molar-refractivity contribution is -0.119. The minimum absolute atomic E-state index is 0.0302. The molecule has 1 aromatic rings. The summed E-state index contributed by atoms with van der Waals surface area (Å²) in [4.78, 5) is 10.7. The zero-order chi connectivity index (χ0) is 13.9. The molecule has 0 radical (unpaired) electrons. The molecule has 0 spiro atoms. The highest BCUT2D eigenvalue weighted by Crippen LogP contribution is 2.28. The molecule has 0 saturated carbocycles. The topological polar surface area (TPSA) is 95.6 Å². The van der Waals surface area contributed by atoms with Crippen LogP contribution in [0.2, 0.25) is 5.02 Å². The monoisotopic (exact) mass is 272 g/mol. The SMILES string of the molecule is CC(=O)NCC(O)C(O)c1cc(C)c(N)c(Cl)c1. The second kappa shape index (κ2) is 6.04. The third-order valence-electron chi connectivity index (χ3n) is 2.62. The number of amides is 1. The number of aliphatic hydroxyl groups excluding tert-OH is 2. The number of hydrogen-bond acceptors (Lipinski definition) is 4. The van der Waals surface area contributed by atoms with Crippen LogP contribution in [-0.2, 0) is 4.79 Å². The number of halogens is 1. The molecule has 0 aliphatic carbocycles. The summed E-state index contributed by atoms with van der Waals surface area (Å²) in [6.07, 6.45) is -2.23. The molecule has 5 nitrogen and oxygen atoms in total. The van der Waals surface area contributed by atoms with Gasteiger partial charge in [-0.3, -0.25) is 4.79 Å². The van der Waals surface area contributed by atoms with Crippen LogP contribution in [0.5, 0.6) is 0 Å². The molecule has 0 aliphatic rings. The van der Waals surface area contributed by atoms with Crippen molar-refractivity contribution in [3.8, 4) is 0 Å². The zero-order valence-corrected chi connectivity index (χ0v) is 11.0. The second-order valence-corrected chi connectivity index (χ2v) is 4.59. The largest absolute Gasteiger partial charge is 0.397 e. The molecule has 0 heterocycles. The highest BCUT2D eigenvalue weighted by molar-refractivity contribution is 6.33. The predicted octanol–water partition coefficient (Wildman–Crippen LogP) is 0.761. The molecule has 6 heteroatoms. The first-order chi connectivity index (χ1) is 8.32. The fraction of sp³-hybridized carbons (Fsp3) is 0.417. The lowest BCUT2D eigenvalue weighted by Crippen LogP contribution is -2.34. The first-order valence-electron chi connectivity index (χ1n) is 5.49. The van der Waals surface area contributed by atoms with E-state index >= 15 is 0 Å². The Hall–Kier alpha value is -1.30. The van der Waals surface area contributed by atoms with Gasteiger partial charge in [-0.25, -0.2) is 0 Å². The minimum Gasteiger partial charge on any atom is -0.397 e. The van der Waals surface area contributed by atoms with Crippen molar-refractivity contribution in [3.05, 3.63) is 28.3 Å². The Kier molecular flexibility index (Phi) is 4.95. The molecular formula is C12H17ClN2O3. The van der Waals surface area contributed by atoms with Crippen LogP contribution in [0.4, 0.5) is 5.69 Å². The fourth-order valence-corrected chi connectivity index (χ4v) is 1.81. The van der Waals surface area contributed by atoms with Crippen LogP contribution in [0.25, 0.3) is 0 Å². The Bertz CT molecular complexity index is 428. The van der Waals surface area contributed by atoms with Crippen molar-refractivity contribution in [2.24, 2.45) is 0 Å². The van der Waals surface area contributed by atoms with Gasteiger partial charge < -0.3 is 21.3 Å². The molecule has 0 saturated heterocycles. The zero-order valence-electron chi connectivity index (χ0n) is 10.3. The summed E-state index contributed by atoms with van der Waals surface area (Å²) in [6.45, 7) is 3.07. The maximum Gasteiger partial charge on any atom is 0.216 e. The van der Waals surface area contributed by atoms with Gasteiger partial charge in [-0.15, -0.1) is 0 Å². The molecule has 2 unspecified atom stereocenters. The molecule has 18 heavy (non-hydrogen) atoms. The van der Waals surface area contributed by atoms with E-state index in [9.17, 15) is 15.0 Å². The van der Waals surface area contributed by atoms with Crippen LogP contribution >= 0.6 is 11.6 Å². The van der Waals surface area contributed by atoms with Gasteiger partial charge in [-0.2, -0.15) is 0 Å². The number of carbonyl (C=O) groups excluding carboxylic acids is 1. The fourth-order valence-electron chi connectivity index (χ4n) is 1.53. The van der Waals surface area contributed by atoms with Gasteiger partial charge in [-0.05, 0) is 24.1 Å². The Balaban J connectivity index is 2.83. The summed E-state index contributed by atoms with van der Waals surface area (Å²) in [5.74, 6) is -0.271. The number of aryl methyl sites for hydroxylation is 1. The lowest BCUT2D eigenvalue weighted by atomic mass is 10.0. The highest BCUT2D eigenvalue weighted by atomic mass is 35.5. The molecule has 100 valence electrons. The molecule has 2 atom stereocenters. The quantitative estimate of drug-likeness (QED) is 0.609.